The maximum absolute atomic E-state index is 11.0. The van der Waals surface area contributed by atoms with Crippen LogP contribution in [0.25, 0.3) is 0 Å². The van der Waals surface area contributed by atoms with Crippen molar-refractivity contribution in [3.8, 4) is 5.75 Å². The van der Waals surface area contributed by atoms with Crippen molar-refractivity contribution in [1.29, 1.82) is 0 Å². The zero-order chi connectivity index (χ0) is 22.8. The van der Waals surface area contributed by atoms with Crippen LogP contribution in [0.3, 0.4) is 0 Å². The van der Waals surface area contributed by atoms with Gasteiger partial charge in [-0.3, -0.25) is 10.0 Å². The van der Waals surface area contributed by atoms with Crippen molar-refractivity contribution in [2.24, 2.45) is 11.8 Å². The van der Waals surface area contributed by atoms with Crippen LogP contribution >= 0.6 is 11.6 Å². The Hall–Kier alpha value is -1.38. The smallest absolute Gasteiger partial charge is 0.243 e. The summed E-state index contributed by atoms with van der Waals surface area (Å²) in [6, 6.07) is 7.04. The summed E-state index contributed by atoms with van der Waals surface area (Å²) >= 11 is 5.97. The Morgan fingerprint density at radius 3 is 2.52 bits per heavy atom. The first kappa shape index (κ1) is 25.9. The molecule has 1 aliphatic carbocycles. The quantitative estimate of drug-likeness (QED) is 0.176. The van der Waals surface area contributed by atoms with Gasteiger partial charge in [0.25, 0.3) is 0 Å². The van der Waals surface area contributed by atoms with E-state index in [-0.39, 0.29) is 17.7 Å². The van der Waals surface area contributed by atoms with Crippen molar-refractivity contribution in [2.45, 2.75) is 89.1 Å². The molecule has 0 spiro atoms. The van der Waals surface area contributed by atoms with E-state index in [4.69, 9.17) is 21.5 Å². The first-order chi connectivity index (χ1) is 14.8. The molecule has 1 aromatic carbocycles. The number of benzene rings is 1. The number of carbonyl (C=O) groups excluding carboxylic acids is 1. The van der Waals surface area contributed by atoms with E-state index in [1.165, 1.54) is 0 Å². The Morgan fingerprint density at radius 1 is 1.16 bits per heavy atom. The number of hydrogen-bond acceptors (Lipinski definition) is 6. The number of aliphatic hydroxyl groups excluding tert-OH is 3. The Kier molecular flexibility index (Phi) is 11.0. The standard InChI is InChI=1S/C23H36ClNO6/c1-15(31-17-8-6-7-16(24)13-17)20(26)12-11-19-18(21(27)14-22(19)28)9-4-2-3-5-10-23(29)25-30/h6-8,13,15,18-22,26-28,30H,2-5,9-12,14H2,1H3,(H,25,29)/t15?,18?,19?,20?,21-,22?/m0/s1. The van der Waals surface area contributed by atoms with Crippen molar-refractivity contribution in [3.05, 3.63) is 29.3 Å². The van der Waals surface area contributed by atoms with E-state index in [0.29, 0.717) is 42.9 Å². The zero-order valence-electron chi connectivity index (χ0n) is 18.1. The van der Waals surface area contributed by atoms with Crippen LogP contribution in [0.5, 0.6) is 5.75 Å². The van der Waals surface area contributed by atoms with Crippen molar-refractivity contribution in [1.82, 2.24) is 5.48 Å². The van der Waals surface area contributed by atoms with E-state index >= 15 is 0 Å². The van der Waals surface area contributed by atoms with Crippen LogP contribution in [-0.4, -0.2) is 50.8 Å². The number of rotatable bonds is 13. The maximum atomic E-state index is 11.0. The highest BCUT2D eigenvalue weighted by Gasteiger charge is 2.41. The molecule has 5 N–H and O–H groups in total. The fraction of sp³-hybridized carbons (Fsp3) is 0.696. The van der Waals surface area contributed by atoms with Gasteiger partial charge in [-0.2, -0.15) is 0 Å². The SMILES string of the molecule is CC(Oc1cccc(Cl)c1)C(O)CCC1C(O)C[C@H](O)C1CCCCCCC(=O)NO. The van der Waals surface area contributed by atoms with Crippen molar-refractivity contribution >= 4 is 17.5 Å². The number of carbonyl (C=O) groups is 1. The molecule has 0 bridgehead atoms. The van der Waals surface area contributed by atoms with Gasteiger partial charge in [0.05, 0.1) is 18.3 Å². The minimum atomic E-state index is -0.692. The lowest BCUT2D eigenvalue weighted by molar-refractivity contribution is -0.129. The summed E-state index contributed by atoms with van der Waals surface area (Å²) < 4.78 is 5.78. The molecule has 0 aromatic heterocycles. The van der Waals surface area contributed by atoms with Gasteiger partial charge in [-0.25, -0.2) is 5.48 Å². The zero-order valence-corrected chi connectivity index (χ0v) is 18.9. The number of aliphatic hydroxyl groups is 3. The van der Waals surface area contributed by atoms with Crippen LogP contribution < -0.4 is 10.2 Å². The van der Waals surface area contributed by atoms with Crippen LogP contribution in [0.15, 0.2) is 24.3 Å². The molecular weight excluding hydrogens is 422 g/mol. The highest BCUT2D eigenvalue weighted by atomic mass is 35.5. The highest BCUT2D eigenvalue weighted by Crippen LogP contribution is 2.39. The Balaban J connectivity index is 1.75. The molecule has 6 atom stereocenters. The second kappa shape index (κ2) is 13.2. The van der Waals surface area contributed by atoms with Crippen LogP contribution in [0, 0.1) is 11.8 Å². The average molecular weight is 458 g/mol. The van der Waals surface area contributed by atoms with Gasteiger partial charge in [0.15, 0.2) is 0 Å². The van der Waals surface area contributed by atoms with Crippen LogP contribution in [-0.2, 0) is 4.79 Å². The minimum Gasteiger partial charge on any atom is -0.488 e. The highest BCUT2D eigenvalue weighted by molar-refractivity contribution is 6.30. The van der Waals surface area contributed by atoms with Crippen LogP contribution in [0.1, 0.15) is 64.7 Å². The molecule has 5 unspecified atom stereocenters. The van der Waals surface area contributed by atoms with Crippen molar-refractivity contribution in [3.63, 3.8) is 0 Å². The van der Waals surface area contributed by atoms with Gasteiger partial charge in [-0.05, 0) is 69.1 Å². The summed E-state index contributed by atoms with van der Waals surface area (Å²) in [5.41, 5.74) is 1.63. The third-order valence-corrected chi connectivity index (χ3v) is 6.53. The molecule has 1 fully saturated rings. The van der Waals surface area contributed by atoms with E-state index in [1.807, 2.05) is 0 Å². The van der Waals surface area contributed by atoms with Crippen molar-refractivity contribution in [2.75, 3.05) is 0 Å². The number of nitrogens with one attached hydrogen (secondary N) is 1. The third-order valence-electron chi connectivity index (χ3n) is 6.29. The molecule has 8 heteroatoms. The average Bonchev–Trinajstić information content (AvgIpc) is 3.00. The third kappa shape index (κ3) is 8.58. The molecule has 1 aromatic rings. The Labute approximate surface area is 189 Å². The number of halogens is 1. The molecule has 1 saturated carbocycles. The molecule has 176 valence electrons. The van der Waals surface area contributed by atoms with Crippen LogP contribution in [0.2, 0.25) is 5.02 Å². The summed E-state index contributed by atoms with van der Waals surface area (Å²) in [6.07, 6.45) is 3.78. The lowest BCUT2D eigenvalue weighted by atomic mass is 9.84. The van der Waals surface area contributed by atoms with E-state index in [2.05, 4.69) is 0 Å². The summed E-state index contributed by atoms with van der Waals surface area (Å²) in [5, 5.41) is 40.4. The second-order valence-corrected chi connectivity index (χ2v) is 9.05. The Morgan fingerprint density at radius 2 is 1.84 bits per heavy atom. The van der Waals surface area contributed by atoms with Gasteiger partial charge in [0, 0.05) is 11.4 Å². The minimum absolute atomic E-state index is 0.00657. The lowest BCUT2D eigenvalue weighted by Gasteiger charge is -2.26. The molecular formula is C23H36ClNO6. The van der Waals surface area contributed by atoms with Crippen LogP contribution in [0.4, 0.5) is 0 Å². The maximum Gasteiger partial charge on any atom is 0.243 e. The van der Waals surface area contributed by atoms with Gasteiger partial charge in [0.1, 0.15) is 11.9 Å². The molecule has 1 amide bonds. The number of amides is 1. The topological polar surface area (TPSA) is 119 Å². The predicted molar refractivity (Wildman–Crippen MR) is 118 cm³/mol. The van der Waals surface area contributed by atoms with Gasteiger partial charge < -0.3 is 20.1 Å². The largest absolute Gasteiger partial charge is 0.488 e. The number of hydroxylamine groups is 1. The summed E-state index contributed by atoms with van der Waals surface area (Å²) in [7, 11) is 0. The molecule has 2 rings (SSSR count). The fourth-order valence-electron chi connectivity index (χ4n) is 4.49. The van der Waals surface area contributed by atoms with Gasteiger partial charge in [0.2, 0.25) is 5.91 Å². The van der Waals surface area contributed by atoms with Crippen molar-refractivity contribution < 1.29 is 30.1 Å². The van der Waals surface area contributed by atoms with E-state index in [1.54, 1.807) is 36.7 Å². The molecule has 31 heavy (non-hydrogen) atoms. The first-order valence-corrected chi connectivity index (χ1v) is 11.6. The van der Waals surface area contributed by atoms with E-state index in [0.717, 1.165) is 25.7 Å². The predicted octanol–water partition coefficient (Wildman–Crippen LogP) is 3.45. The molecule has 1 aliphatic rings. The number of ether oxygens (including phenoxy) is 1. The van der Waals surface area contributed by atoms with E-state index < -0.39 is 24.4 Å². The number of hydrogen-bond donors (Lipinski definition) is 5. The molecule has 7 nitrogen and oxygen atoms in total. The second-order valence-electron chi connectivity index (χ2n) is 8.61. The normalized spacial score (nSPS) is 25.2. The van der Waals surface area contributed by atoms with Gasteiger partial charge in [-0.15, -0.1) is 0 Å². The molecule has 0 aliphatic heterocycles. The first-order valence-electron chi connectivity index (χ1n) is 11.2. The van der Waals surface area contributed by atoms with Gasteiger partial charge >= 0.3 is 0 Å². The fourth-order valence-corrected chi connectivity index (χ4v) is 4.67. The molecule has 0 radical (unpaired) electrons. The Bertz CT molecular complexity index is 675. The summed E-state index contributed by atoms with van der Waals surface area (Å²) in [5.74, 6) is 0.182. The lowest BCUT2D eigenvalue weighted by Crippen LogP contribution is -2.31. The number of unbranched alkanes of at least 4 members (excludes halogenated alkanes) is 3. The molecule has 0 saturated heterocycles. The van der Waals surface area contributed by atoms with Gasteiger partial charge in [-0.1, -0.05) is 36.9 Å². The molecule has 0 heterocycles. The van der Waals surface area contributed by atoms with E-state index in [9.17, 15) is 20.1 Å². The summed E-state index contributed by atoms with van der Waals surface area (Å²) in [4.78, 5) is 11.0. The summed E-state index contributed by atoms with van der Waals surface area (Å²) in [6.45, 7) is 1.81. The monoisotopic (exact) mass is 457 g/mol.